The highest BCUT2D eigenvalue weighted by molar-refractivity contribution is 6.10. The van der Waals surface area contributed by atoms with Gasteiger partial charge in [-0.3, -0.25) is 0 Å². The summed E-state index contributed by atoms with van der Waals surface area (Å²) in [6, 6.07) is 41.3. The van der Waals surface area contributed by atoms with E-state index in [4.69, 9.17) is 4.74 Å². The lowest BCUT2D eigenvalue weighted by atomic mass is 9.86. The van der Waals surface area contributed by atoms with Gasteiger partial charge in [0.2, 0.25) is 0 Å². The van der Waals surface area contributed by atoms with Gasteiger partial charge in [-0.2, -0.15) is 10.5 Å². The van der Waals surface area contributed by atoms with Gasteiger partial charge in [-0.05, 0) is 117 Å². The summed E-state index contributed by atoms with van der Waals surface area (Å²) < 4.78 is 6.40. The second-order valence-electron chi connectivity index (χ2n) is 12.4. The van der Waals surface area contributed by atoms with Gasteiger partial charge in [0.05, 0.1) is 29.9 Å². The molecule has 0 spiro atoms. The molecule has 4 nitrogen and oxygen atoms in total. The van der Waals surface area contributed by atoms with Crippen LogP contribution in [0.25, 0.3) is 54.9 Å². The molecule has 4 heteroatoms. The lowest BCUT2D eigenvalue weighted by molar-refractivity contribution is 0.288. The molecule has 0 atom stereocenters. The number of aryl methyl sites for hydroxylation is 1. The summed E-state index contributed by atoms with van der Waals surface area (Å²) in [4.78, 5) is 0. The summed E-state index contributed by atoms with van der Waals surface area (Å²) in [6.07, 6.45) is 4.78. The zero-order chi connectivity index (χ0) is 35.9. The van der Waals surface area contributed by atoms with Crippen molar-refractivity contribution in [2.24, 2.45) is 0 Å². The Morgan fingerprint density at radius 1 is 0.580 bits per heavy atom. The number of aliphatic hydroxyl groups is 1. The minimum Gasteiger partial charge on any atom is -0.493 e. The van der Waals surface area contributed by atoms with E-state index in [1.807, 2.05) is 48.5 Å². The predicted octanol–water partition coefficient (Wildman–Crippen LogP) is 12.3. The van der Waals surface area contributed by atoms with Crippen LogP contribution in [0.4, 0.5) is 0 Å². The van der Waals surface area contributed by atoms with Crippen molar-refractivity contribution < 1.29 is 9.84 Å². The van der Waals surface area contributed by atoms with Crippen LogP contribution in [-0.2, 0) is 6.42 Å². The van der Waals surface area contributed by atoms with Crippen molar-refractivity contribution in [3.05, 3.63) is 126 Å². The van der Waals surface area contributed by atoms with Gasteiger partial charge in [-0.1, -0.05) is 114 Å². The number of ether oxygens (including phenoxy) is 1. The SMILES string of the molecule is CCC.CCC.CCCOc1ccc2cc(-c3cccc(C#N)c3)ccc2c1-c1c(CCCO)ccc2cc(-c3cccc(C#N)c3)ccc12. The molecule has 0 saturated heterocycles. The van der Waals surface area contributed by atoms with E-state index >= 15 is 0 Å². The quantitative estimate of drug-likeness (QED) is 0.167. The summed E-state index contributed by atoms with van der Waals surface area (Å²) in [6.45, 7) is 11.3. The largest absolute Gasteiger partial charge is 0.493 e. The molecule has 0 aliphatic carbocycles. The van der Waals surface area contributed by atoms with Crippen molar-refractivity contribution in [3.63, 3.8) is 0 Å². The van der Waals surface area contributed by atoms with Gasteiger partial charge >= 0.3 is 0 Å². The Balaban J connectivity index is 0.000000875. The standard InChI is InChI=1S/C40H32N2O2.2C3H8/c1-2-20-44-38-18-15-35-24-33(31-9-4-7-28(22-31)26-42)14-17-37(35)40(38)39-29(10-5-19-43)11-12-34-23-32(13-16-36(34)39)30-8-3-6-27(21-30)25-41;2*1-3-2/h3-4,6-9,11-18,21-24,43H,2,5,10,19-20H2,1H3;2*3H2,1-2H3. The highest BCUT2D eigenvalue weighted by Crippen LogP contribution is 2.44. The van der Waals surface area contributed by atoms with E-state index in [0.717, 1.165) is 79.1 Å². The fourth-order valence-electron chi connectivity index (χ4n) is 5.94. The monoisotopic (exact) mass is 660 g/mol. The maximum Gasteiger partial charge on any atom is 0.127 e. The van der Waals surface area contributed by atoms with Crippen molar-refractivity contribution in [1.29, 1.82) is 10.5 Å². The van der Waals surface area contributed by atoms with E-state index in [1.165, 1.54) is 12.8 Å². The van der Waals surface area contributed by atoms with E-state index in [9.17, 15) is 15.6 Å². The molecule has 50 heavy (non-hydrogen) atoms. The van der Waals surface area contributed by atoms with Crippen molar-refractivity contribution in [2.75, 3.05) is 13.2 Å². The third-order valence-electron chi connectivity index (χ3n) is 8.05. The van der Waals surface area contributed by atoms with Crippen LogP contribution in [0.15, 0.2) is 109 Å². The van der Waals surface area contributed by atoms with Crippen molar-refractivity contribution in [3.8, 4) is 51.3 Å². The predicted molar refractivity (Wildman–Crippen MR) is 210 cm³/mol. The van der Waals surface area contributed by atoms with Crippen molar-refractivity contribution in [1.82, 2.24) is 0 Å². The normalized spacial score (nSPS) is 10.3. The molecule has 0 aromatic heterocycles. The van der Waals surface area contributed by atoms with Crippen LogP contribution in [0.1, 0.15) is 77.0 Å². The number of nitrogens with zero attached hydrogens (tertiary/aromatic N) is 2. The Labute approximate surface area is 298 Å². The van der Waals surface area contributed by atoms with Crippen molar-refractivity contribution >= 4 is 21.5 Å². The van der Waals surface area contributed by atoms with E-state index in [2.05, 4.69) is 107 Å². The summed E-state index contributed by atoms with van der Waals surface area (Å²) >= 11 is 0. The zero-order valence-corrected chi connectivity index (χ0v) is 30.1. The Bertz CT molecular complexity index is 1960. The van der Waals surface area contributed by atoms with E-state index < -0.39 is 0 Å². The van der Waals surface area contributed by atoms with Crippen LogP contribution in [0.3, 0.4) is 0 Å². The molecule has 1 N–H and O–H groups in total. The molecule has 6 aromatic carbocycles. The lowest BCUT2D eigenvalue weighted by Gasteiger charge is -2.20. The number of benzene rings is 6. The number of fused-ring (bicyclic) bond motifs is 2. The fraction of sp³-hybridized carbons (Fsp3) is 0.261. The second kappa shape index (κ2) is 18.9. The zero-order valence-electron chi connectivity index (χ0n) is 30.1. The van der Waals surface area contributed by atoms with Gasteiger partial charge in [-0.15, -0.1) is 0 Å². The smallest absolute Gasteiger partial charge is 0.127 e. The molecule has 0 unspecified atom stereocenters. The van der Waals surface area contributed by atoms with E-state index in [0.29, 0.717) is 24.2 Å². The van der Waals surface area contributed by atoms with Gasteiger partial charge < -0.3 is 9.84 Å². The molecule has 0 heterocycles. The number of aliphatic hydroxyl groups excluding tert-OH is 1. The van der Waals surface area contributed by atoms with E-state index in [-0.39, 0.29) is 6.61 Å². The molecular formula is C46H48N2O2. The third-order valence-corrected chi connectivity index (χ3v) is 8.05. The first-order chi connectivity index (χ1) is 24.5. The van der Waals surface area contributed by atoms with Crippen LogP contribution in [0.5, 0.6) is 5.75 Å². The van der Waals surface area contributed by atoms with Gasteiger partial charge in [0.1, 0.15) is 5.75 Å². The average Bonchev–Trinajstić information content (AvgIpc) is 3.16. The highest BCUT2D eigenvalue weighted by Gasteiger charge is 2.19. The molecule has 0 amide bonds. The molecule has 6 rings (SSSR count). The first kappa shape index (κ1) is 37.4. The molecule has 0 aliphatic heterocycles. The summed E-state index contributed by atoms with van der Waals surface area (Å²) in [7, 11) is 0. The maximum atomic E-state index is 9.76. The van der Waals surface area contributed by atoms with Gasteiger partial charge in [0, 0.05) is 12.2 Å². The summed E-state index contributed by atoms with van der Waals surface area (Å²) in [5.74, 6) is 0.835. The highest BCUT2D eigenvalue weighted by atomic mass is 16.5. The number of hydrogen-bond acceptors (Lipinski definition) is 4. The molecule has 0 bridgehead atoms. The molecule has 0 aliphatic rings. The minimum absolute atomic E-state index is 0.117. The molecule has 6 aromatic rings. The maximum absolute atomic E-state index is 9.76. The second-order valence-corrected chi connectivity index (χ2v) is 12.4. The van der Waals surface area contributed by atoms with Crippen LogP contribution in [0.2, 0.25) is 0 Å². The third kappa shape index (κ3) is 8.97. The molecule has 254 valence electrons. The van der Waals surface area contributed by atoms with Crippen LogP contribution in [0, 0.1) is 22.7 Å². The summed E-state index contributed by atoms with van der Waals surface area (Å²) in [5, 5.41) is 33.0. The Morgan fingerprint density at radius 3 is 1.58 bits per heavy atom. The lowest BCUT2D eigenvalue weighted by Crippen LogP contribution is -2.01. The fourth-order valence-corrected chi connectivity index (χ4v) is 5.94. The minimum atomic E-state index is 0.117. The molecule has 0 saturated carbocycles. The summed E-state index contributed by atoms with van der Waals surface area (Å²) in [5.41, 5.74) is 8.69. The van der Waals surface area contributed by atoms with Crippen molar-refractivity contribution in [2.45, 2.75) is 66.7 Å². The number of rotatable bonds is 9. The Morgan fingerprint density at radius 2 is 1.08 bits per heavy atom. The molecule has 0 radical (unpaired) electrons. The van der Waals surface area contributed by atoms with Gasteiger partial charge in [-0.25, -0.2) is 0 Å². The first-order valence-electron chi connectivity index (χ1n) is 17.8. The van der Waals surface area contributed by atoms with E-state index in [1.54, 1.807) is 0 Å². The number of hydrogen-bond donors (Lipinski definition) is 1. The van der Waals surface area contributed by atoms with Gasteiger partial charge in [0.25, 0.3) is 0 Å². The Hall–Kier alpha value is -5.42. The van der Waals surface area contributed by atoms with Crippen LogP contribution in [-0.4, -0.2) is 18.3 Å². The van der Waals surface area contributed by atoms with Crippen LogP contribution < -0.4 is 4.74 Å². The molecule has 0 fully saturated rings. The van der Waals surface area contributed by atoms with Crippen LogP contribution >= 0.6 is 0 Å². The topological polar surface area (TPSA) is 77.0 Å². The average molecular weight is 661 g/mol. The molecular weight excluding hydrogens is 613 g/mol. The van der Waals surface area contributed by atoms with Gasteiger partial charge in [0.15, 0.2) is 0 Å². The Kier molecular flexibility index (Phi) is 14.2. The first-order valence-corrected chi connectivity index (χ1v) is 17.8. The number of nitriles is 2.